The van der Waals surface area contributed by atoms with Crippen molar-refractivity contribution >= 4 is 27.8 Å². The third kappa shape index (κ3) is 5.48. The molecule has 1 aromatic heterocycles. The summed E-state index contributed by atoms with van der Waals surface area (Å²) in [4.78, 5) is 18.3. The number of carbonyl (C=O) groups excluding carboxylic acids is 1. The second kappa shape index (κ2) is 7.31. The maximum atomic E-state index is 12.1. The molecular formula is C16H24BrN3O2. The lowest BCUT2D eigenvalue weighted by atomic mass is 9.98. The second-order valence-corrected chi connectivity index (χ2v) is 7.59. The molecule has 1 amide bonds. The molecule has 1 atom stereocenters. The lowest BCUT2D eigenvalue weighted by Gasteiger charge is -2.34. The van der Waals surface area contributed by atoms with E-state index in [1.165, 1.54) is 0 Å². The molecule has 1 aromatic rings. The fourth-order valence-corrected chi connectivity index (χ4v) is 2.69. The number of carbonyl (C=O) groups is 1. The molecule has 1 fully saturated rings. The van der Waals surface area contributed by atoms with Crippen LogP contribution in [0.1, 0.15) is 33.6 Å². The molecule has 5 nitrogen and oxygen atoms in total. The van der Waals surface area contributed by atoms with Gasteiger partial charge in [0.25, 0.3) is 0 Å². The summed E-state index contributed by atoms with van der Waals surface area (Å²) in [5, 5.41) is 3.34. The van der Waals surface area contributed by atoms with Crippen LogP contribution in [0.2, 0.25) is 0 Å². The average Bonchev–Trinajstić information content (AvgIpc) is 2.45. The molecule has 0 spiro atoms. The molecule has 0 aromatic carbocycles. The number of halogens is 1. The fraction of sp³-hybridized carbons (Fsp3) is 0.625. The Kier molecular flexibility index (Phi) is 5.67. The van der Waals surface area contributed by atoms with E-state index in [9.17, 15) is 4.79 Å². The number of aromatic nitrogens is 1. The molecular weight excluding hydrogens is 346 g/mol. The highest BCUT2D eigenvalue weighted by atomic mass is 79.9. The van der Waals surface area contributed by atoms with Crippen LogP contribution in [0.5, 0.6) is 0 Å². The summed E-state index contributed by atoms with van der Waals surface area (Å²) in [5.74, 6) is 1.28. The van der Waals surface area contributed by atoms with E-state index in [1.54, 1.807) is 6.20 Å². The van der Waals surface area contributed by atoms with Crippen LogP contribution in [0.4, 0.5) is 10.6 Å². The van der Waals surface area contributed by atoms with Gasteiger partial charge in [0.2, 0.25) is 0 Å². The Morgan fingerprint density at radius 3 is 2.91 bits per heavy atom. The largest absolute Gasteiger partial charge is 0.444 e. The van der Waals surface area contributed by atoms with Crippen LogP contribution >= 0.6 is 15.9 Å². The maximum absolute atomic E-state index is 12.1. The fourth-order valence-electron chi connectivity index (χ4n) is 2.45. The summed E-state index contributed by atoms with van der Waals surface area (Å²) in [6.07, 6.45) is 3.69. The molecule has 0 unspecified atom stereocenters. The zero-order valence-corrected chi connectivity index (χ0v) is 15.0. The summed E-state index contributed by atoms with van der Waals surface area (Å²) in [7, 11) is 0. The Labute approximate surface area is 140 Å². The quantitative estimate of drug-likeness (QED) is 0.877. The number of pyridine rings is 1. The number of likely N-dealkylation sites (tertiary alicyclic amines) is 1. The van der Waals surface area contributed by atoms with Gasteiger partial charge in [-0.25, -0.2) is 9.78 Å². The monoisotopic (exact) mass is 369 g/mol. The van der Waals surface area contributed by atoms with Crippen molar-refractivity contribution in [1.82, 2.24) is 9.88 Å². The third-order valence-electron chi connectivity index (χ3n) is 3.47. The minimum absolute atomic E-state index is 0.209. The smallest absolute Gasteiger partial charge is 0.410 e. The zero-order chi connectivity index (χ0) is 16.2. The number of ether oxygens (including phenoxy) is 1. The Hall–Kier alpha value is -1.30. The van der Waals surface area contributed by atoms with E-state index in [1.807, 2.05) is 37.8 Å². The minimum atomic E-state index is -0.441. The van der Waals surface area contributed by atoms with Gasteiger partial charge in [-0.1, -0.05) is 0 Å². The van der Waals surface area contributed by atoms with E-state index < -0.39 is 5.60 Å². The average molecular weight is 370 g/mol. The highest BCUT2D eigenvalue weighted by molar-refractivity contribution is 9.10. The van der Waals surface area contributed by atoms with Gasteiger partial charge < -0.3 is 15.0 Å². The molecule has 1 aliphatic rings. The predicted molar refractivity (Wildman–Crippen MR) is 91.0 cm³/mol. The number of rotatable bonds is 3. The summed E-state index contributed by atoms with van der Waals surface area (Å²) >= 11 is 3.37. The number of amides is 1. The molecule has 0 bridgehead atoms. The van der Waals surface area contributed by atoms with Crippen molar-refractivity contribution in [2.45, 2.75) is 39.2 Å². The number of piperidine rings is 1. The first-order chi connectivity index (χ1) is 10.3. The SMILES string of the molecule is CC(C)(C)OC(=O)N1CCC[C@@H](CNc2ccc(Br)cn2)C1. The van der Waals surface area contributed by atoms with Crippen molar-refractivity contribution in [3.63, 3.8) is 0 Å². The molecule has 1 N–H and O–H groups in total. The van der Waals surface area contributed by atoms with Crippen molar-refractivity contribution < 1.29 is 9.53 Å². The van der Waals surface area contributed by atoms with Crippen LogP contribution < -0.4 is 5.32 Å². The zero-order valence-electron chi connectivity index (χ0n) is 13.4. The summed E-state index contributed by atoms with van der Waals surface area (Å²) in [5.41, 5.74) is -0.441. The predicted octanol–water partition coefficient (Wildman–Crippen LogP) is 3.90. The first-order valence-electron chi connectivity index (χ1n) is 7.67. The minimum Gasteiger partial charge on any atom is -0.444 e. The van der Waals surface area contributed by atoms with Gasteiger partial charge in [-0.15, -0.1) is 0 Å². The van der Waals surface area contributed by atoms with E-state index in [0.717, 1.165) is 42.8 Å². The van der Waals surface area contributed by atoms with Crippen LogP contribution in [0.3, 0.4) is 0 Å². The number of nitrogens with zero attached hydrogens (tertiary/aromatic N) is 2. The molecule has 22 heavy (non-hydrogen) atoms. The van der Waals surface area contributed by atoms with E-state index in [4.69, 9.17) is 4.74 Å². The molecule has 6 heteroatoms. The summed E-state index contributed by atoms with van der Waals surface area (Å²) < 4.78 is 6.42. The van der Waals surface area contributed by atoms with Crippen LogP contribution in [0.25, 0.3) is 0 Å². The van der Waals surface area contributed by atoms with Gasteiger partial charge in [-0.2, -0.15) is 0 Å². The molecule has 1 saturated heterocycles. The van der Waals surface area contributed by atoms with Crippen LogP contribution in [0, 0.1) is 5.92 Å². The van der Waals surface area contributed by atoms with Gasteiger partial charge in [-0.05, 0) is 67.6 Å². The highest BCUT2D eigenvalue weighted by Gasteiger charge is 2.27. The van der Waals surface area contributed by atoms with Gasteiger partial charge in [0, 0.05) is 30.3 Å². The summed E-state index contributed by atoms with van der Waals surface area (Å²) in [6.45, 7) is 8.02. The van der Waals surface area contributed by atoms with Crippen LogP contribution in [-0.2, 0) is 4.74 Å². The molecule has 2 heterocycles. The third-order valence-corrected chi connectivity index (χ3v) is 3.94. The second-order valence-electron chi connectivity index (χ2n) is 6.68. The summed E-state index contributed by atoms with van der Waals surface area (Å²) in [6, 6.07) is 3.90. The van der Waals surface area contributed by atoms with Gasteiger partial charge in [0.1, 0.15) is 11.4 Å². The molecule has 122 valence electrons. The molecule has 2 rings (SSSR count). The van der Waals surface area contributed by atoms with Gasteiger partial charge >= 0.3 is 6.09 Å². The van der Waals surface area contributed by atoms with Crippen molar-refractivity contribution in [3.8, 4) is 0 Å². The topological polar surface area (TPSA) is 54.5 Å². The van der Waals surface area contributed by atoms with Crippen LogP contribution in [0.15, 0.2) is 22.8 Å². The van der Waals surface area contributed by atoms with Gasteiger partial charge in [-0.3, -0.25) is 0 Å². The lowest BCUT2D eigenvalue weighted by Crippen LogP contribution is -2.44. The van der Waals surface area contributed by atoms with E-state index in [2.05, 4.69) is 26.2 Å². The van der Waals surface area contributed by atoms with Crippen molar-refractivity contribution in [2.24, 2.45) is 5.92 Å². The van der Waals surface area contributed by atoms with Crippen molar-refractivity contribution in [2.75, 3.05) is 25.0 Å². The Morgan fingerprint density at radius 2 is 2.27 bits per heavy atom. The standard InChI is InChI=1S/C16H24BrN3O2/c1-16(2,3)22-15(21)20-8-4-5-12(11-20)9-18-14-7-6-13(17)10-19-14/h6-7,10,12H,4-5,8-9,11H2,1-3H3,(H,18,19)/t12-/m0/s1. The first kappa shape index (κ1) is 17.1. The molecule has 0 radical (unpaired) electrons. The van der Waals surface area contributed by atoms with Gasteiger partial charge in [0.15, 0.2) is 0 Å². The van der Waals surface area contributed by atoms with E-state index in [0.29, 0.717) is 5.92 Å². The van der Waals surface area contributed by atoms with Crippen molar-refractivity contribution in [3.05, 3.63) is 22.8 Å². The number of hydrogen-bond acceptors (Lipinski definition) is 4. The first-order valence-corrected chi connectivity index (χ1v) is 8.46. The number of hydrogen-bond donors (Lipinski definition) is 1. The Morgan fingerprint density at radius 1 is 1.50 bits per heavy atom. The Bertz CT molecular complexity index is 499. The highest BCUT2D eigenvalue weighted by Crippen LogP contribution is 2.20. The van der Waals surface area contributed by atoms with E-state index in [-0.39, 0.29) is 6.09 Å². The number of anilines is 1. The maximum Gasteiger partial charge on any atom is 0.410 e. The molecule has 0 saturated carbocycles. The Balaban J connectivity index is 1.82. The molecule has 0 aliphatic carbocycles. The van der Waals surface area contributed by atoms with Crippen molar-refractivity contribution in [1.29, 1.82) is 0 Å². The molecule has 1 aliphatic heterocycles. The van der Waals surface area contributed by atoms with E-state index >= 15 is 0 Å². The normalized spacial score (nSPS) is 18.9. The number of nitrogens with one attached hydrogen (secondary N) is 1. The van der Waals surface area contributed by atoms with Gasteiger partial charge in [0.05, 0.1) is 0 Å². The lowest BCUT2D eigenvalue weighted by molar-refractivity contribution is 0.0172. The van der Waals surface area contributed by atoms with Crippen LogP contribution in [-0.4, -0.2) is 41.2 Å².